The Morgan fingerprint density at radius 3 is 1.54 bits per heavy atom. The standard InChI is InChI=1S/C14H12OS.C14H10OS.2C7H8.2C2H6/c2*1-9-6-7-11-13(8-9)16-12-5-3-2-4-10(12)14(11)15;2*1-7-5-3-2-4-6-7;2*1-2/h2-8,14-15H,1H3;2-8H,1H3;2*2-6H,1H3;2*1-2H3. The highest BCUT2D eigenvalue weighted by Gasteiger charge is 2.23. The average Bonchev–Trinajstić information content (AvgIpc) is 3.15. The number of rotatable bonds is 0. The second-order valence-electron chi connectivity index (χ2n) is 11.3. The Kier molecular flexibility index (Phi) is 16.7. The lowest BCUT2D eigenvalue weighted by atomic mass is 10.00. The lowest BCUT2D eigenvalue weighted by Gasteiger charge is -2.24. The van der Waals surface area contributed by atoms with Crippen LogP contribution in [0.4, 0.5) is 0 Å². The molecule has 6 aromatic carbocycles. The van der Waals surface area contributed by atoms with E-state index in [9.17, 15) is 9.90 Å². The van der Waals surface area contributed by atoms with Gasteiger partial charge in [0.15, 0.2) is 5.43 Å². The maximum atomic E-state index is 12.2. The first kappa shape index (κ1) is 40.0. The van der Waals surface area contributed by atoms with Crippen LogP contribution in [0.1, 0.15) is 67.2 Å². The minimum Gasteiger partial charge on any atom is -0.384 e. The van der Waals surface area contributed by atoms with E-state index in [1.165, 1.54) is 27.1 Å². The second kappa shape index (κ2) is 20.9. The summed E-state index contributed by atoms with van der Waals surface area (Å²) in [7, 11) is 0. The van der Waals surface area contributed by atoms with Gasteiger partial charge in [-0.1, -0.05) is 160 Å². The highest BCUT2D eigenvalue weighted by atomic mass is 32.2. The van der Waals surface area contributed by atoms with Crippen LogP contribution in [-0.2, 0) is 0 Å². The van der Waals surface area contributed by atoms with Crippen LogP contribution in [-0.4, -0.2) is 5.11 Å². The highest BCUT2D eigenvalue weighted by Crippen LogP contribution is 2.44. The molecule has 50 heavy (non-hydrogen) atoms. The summed E-state index contributed by atoms with van der Waals surface area (Å²) in [4.78, 5) is 14.5. The van der Waals surface area contributed by atoms with E-state index in [1.54, 1.807) is 23.1 Å². The van der Waals surface area contributed by atoms with Gasteiger partial charge in [0, 0.05) is 30.0 Å². The average molecular weight is 699 g/mol. The first-order chi connectivity index (χ1) is 24.3. The molecule has 1 unspecified atom stereocenters. The van der Waals surface area contributed by atoms with Gasteiger partial charge in [-0.3, -0.25) is 4.79 Å². The van der Waals surface area contributed by atoms with E-state index in [0.29, 0.717) is 0 Å². The zero-order chi connectivity index (χ0) is 36.5. The molecule has 0 saturated carbocycles. The van der Waals surface area contributed by atoms with Gasteiger partial charge in [-0.25, -0.2) is 0 Å². The van der Waals surface area contributed by atoms with Gasteiger partial charge in [0.05, 0.1) is 0 Å². The van der Waals surface area contributed by atoms with Crippen LogP contribution in [0, 0.1) is 27.7 Å². The second-order valence-corrected chi connectivity index (χ2v) is 13.5. The summed E-state index contributed by atoms with van der Waals surface area (Å²) in [5.41, 5.74) is 7.25. The third-order valence-corrected chi connectivity index (χ3v) is 9.81. The van der Waals surface area contributed by atoms with Gasteiger partial charge in [0.2, 0.25) is 0 Å². The van der Waals surface area contributed by atoms with E-state index in [1.807, 2.05) is 132 Å². The summed E-state index contributed by atoms with van der Waals surface area (Å²) >= 11 is 3.42. The molecule has 1 atom stereocenters. The molecule has 7 aromatic rings. The fourth-order valence-electron chi connectivity index (χ4n) is 5.02. The maximum Gasteiger partial charge on any atom is 0.195 e. The Bertz CT molecular complexity index is 2060. The summed E-state index contributed by atoms with van der Waals surface area (Å²) in [6.07, 6.45) is -0.479. The van der Waals surface area contributed by atoms with Crippen molar-refractivity contribution in [1.82, 2.24) is 0 Å². The zero-order valence-corrected chi connectivity index (χ0v) is 32.2. The molecule has 0 fully saturated rings. The predicted octanol–water partition coefficient (Wildman–Crippen LogP) is 13.3. The van der Waals surface area contributed by atoms with E-state index in [2.05, 4.69) is 69.3 Å². The molecule has 2 heterocycles. The molecular weight excluding hydrogens is 649 g/mol. The fraction of sp³-hybridized carbons (Fsp3) is 0.196. The highest BCUT2D eigenvalue weighted by molar-refractivity contribution is 7.99. The van der Waals surface area contributed by atoms with E-state index >= 15 is 0 Å². The quantitative estimate of drug-likeness (QED) is 0.160. The first-order valence-corrected chi connectivity index (χ1v) is 18.9. The molecule has 1 aromatic heterocycles. The summed E-state index contributed by atoms with van der Waals surface area (Å²) in [5, 5.41) is 11.9. The molecule has 0 aliphatic carbocycles. The fourth-order valence-corrected chi connectivity index (χ4v) is 7.41. The number of aryl methyl sites for hydroxylation is 4. The van der Waals surface area contributed by atoms with Crippen LogP contribution in [0.2, 0.25) is 0 Å². The van der Waals surface area contributed by atoms with Gasteiger partial charge in [-0.05, 0) is 86.3 Å². The summed E-state index contributed by atoms with van der Waals surface area (Å²) in [5.74, 6) is 0. The van der Waals surface area contributed by atoms with Crippen molar-refractivity contribution < 1.29 is 5.11 Å². The maximum absolute atomic E-state index is 12.2. The van der Waals surface area contributed by atoms with Crippen molar-refractivity contribution in [2.75, 3.05) is 0 Å². The molecule has 2 nitrogen and oxygen atoms in total. The molecule has 1 aliphatic heterocycles. The molecule has 0 amide bonds. The van der Waals surface area contributed by atoms with Crippen LogP contribution in [0.25, 0.3) is 20.2 Å². The van der Waals surface area contributed by atoms with Crippen molar-refractivity contribution in [3.8, 4) is 0 Å². The minimum atomic E-state index is -0.479. The first-order valence-electron chi connectivity index (χ1n) is 17.3. The van der Waals surface area contributed by atoms with E-state index < -0.39 is 6.10 Å². The number of hydrogen-bond donors (Lipinski definition) is 1. The normalized spacial score (nSPS) is 11.9. The summed E-state index contributed by atoms with van der Waals surface area (Å²) in [6, 6.07) is 48.6. The number of fused-ring (bicyclic) bond motifs is 4. The van der Waals surface area contributed by atoms with Crippen molar-refractivity contribution in [3.05, 3.63) is 189 Å². The van der Waals surface area contributed by atoms with Gasteiger partial charge >= 0.3 is 0 Å². The lowest BCUT2D eigenvalue weighted by Crippen LogP contribution is -2.07. The van der Waals surface area contributed by atoms with Crippen LogP contribution >= 0.6 is 23.1 Å². The van der Waals surface area contributed by atoms with Crippen molar-refractivity contribution in [2.24, 2.45) is 0 Å². The van der Waals surface area contributed by atoms with E-state index in [-0.39, 0.29) is 5.43 Å². The topological polar surface area (TPSA) is 37.3 Å². The summed E-state index contributed by atoms with van der Waals surface area (Å²) < 4.78 is 2.13. The van der Waals surface area contributed by atoms with Crippen LogP contribution in [0.5, 0.6) is 0 Å². The zero-order valence-electron chi connectivity index (χ0n) is 30.6. The van der Waals surface area contributed by atoms with E-state index in [0.717, 1.165) is 36.2 Å². The van der Waals surface area contributed by atoms with Crippen LogP contribution in [0.15, 0.2) is 160 Å². The molecule has 0 bridgehead atoms. The Morgan fingerprint density at radius 1 is 0.460 bits per heavy atom. The Balaban J connectivity index is 0.000000185. The van der Waals surface area contributed by atoms with Crippen molar-refractivity contribution >= 4 is 43.3 Å². The van der Waals surface area contributed by atoms with Gasteiger partial charge in [-0.15, -0.1) is 11.3 Å². The Morgan fingerprint density at radius 2 is 0.940 bits per heavy atom. The van der Waals surface area contributed by atoms with Gasteiger partial charge in [0.25, 0.3) is 0 Å². The van der Waals surface area contributed by atoms with Crippen molar-refractivity contribution in [2.45, 2.75) is 71.3 Å². The molecule has 1 aliphatic rings. The largest absolute Gasteiger partial charge is 0.384 e. The minimum absolute atomic E-state index is 0.143. The summed E-state index contributed by atoms with van der Waals surface area (Å²) in [6.45, 7) is 16.3. The molecule has 0 spiro atoms. The van der Waals surface area contributed by atoms with Crippen molar-refractivity contribution in [1.29, 1.82) is 0 Å². The van der Waals surface area contributed by atoms with Gasteiger partial charge < -0.3 is 5.11 Å². The van der Waals surface area contributed by atoms with Crippen LogP contribution in [0.3, 0.4) is 0 Å². The molecule has 0 saturated heterocycles. The van der Waals surface area contributed by atoms with Gasteiger partial charge in [-0.2, -0.15) is 0 Å². The smallest absolute Gasteiger partial charge is 0.195 e. The molecule has 8 rings (SSSR count). The molecule has 1 N–H and O–H groups in total. The molecular formula is C46H50O2S2. The van der Waals surface area contributed by atoms with Crippen molar-refractivity contribution in [3.63, 3.8) is 0 Å². The SMILES string of the molecule is CC.CC.Cc1ccc2c(=O)c3ccccc3sc2c1.Cc1ccc2c(c1)Sc1ccccc1C2O.Cc1ccccc1.Cc1ccccc1. The predicted molar refractivity (Wildman–Crippen MR) is 221 cm³/mol. The van der Waals surface area contributed by atoms with E-state index in [4.69, 9.17) is 0 Å². The number of hydrogen-bond acceptors (Lipinski definition) is 4. The van der Waals surface area contributed by atoms with Crippen LogP contribution < -0.4 is 5.43 Å². The molecule has 4 heteroatoms. The Labute approximate surface area is 307 Å². The van der Waals surface area contributed by atoms with Gasteiger partial charge in [0.1, 0.15) is 6.10 Å². The molecule has 258 valence electrons. The third-order valence-electron chi connectivity index (χ3n) is 7.51. The monoisotopic (exact) mass is 698 g/mol. The lowest BCUT2D eigenvalue weighted by molar-refractivity contribution is 0.213. The number of benzene rings is 6. The number of aliphatic hydroxyl groups excluding tert-OH is 1. The molecule has 0 radical (unpaired) electrons. The third kappa shape index (κ3) is 11.3. The number of aliphatic hydroxyl groups is 1. The Hall–Kier alpha value is -4.48.